The van der Waals surface area contributed by atoms with Crippen molar-refractivity contribution in [3.63, 3.8) is 0 Å². The van der Waals surface area contributed by atoms with Crippen LogP contribution in [0.2, 0.25) is 0 Å². The fourth-order valence-corrected chi connectivity index (χ4v) is 4.59. The highest BCUT2D eigenvalue weighted by atomic mass is 79.9. The maximum absolute atomic E-state index is 12.9. The maximum atomic E-state index is 12.9. The first kappa shape index (κ1) is 22.7. The molecule has 4 aromatic rings. The molecule has 1 aliphatic rings. The Hall–Kier alpha value is -4.10. The van der Waals surface area contributed by atoms with Gasteiger partial charge >= 0.3 is 0 Å². The zero-order valence-corrected chi connectivity index (χ0v) is 20.4. The molecule has 1 heterocycles. The van der Waals surface area contributed by atoms with E-state index < -0.39 is 11.8 Å². The van der Waals surface area contributed by atoms with Crippen molar-refractivity contribution in [2.45, 2.75) is 6.61 Å². The number of nitrogens with zero attached hydrogens (tertiary/aromatic N) is 1. The first-order valence-electron chi connectivity index (χ1n) is 10.9. The minimum Gasteiger partial charge on any atom is -0.493 e. The summed E-state index contributed by atoms with van der Waals surface area (Å²) in [6, 6.07) is 26.7. The molecule has 0 radical (unpaired) electrons. The molecule has 2 amide bonds. The molecular formula is C28H21BrN2O4. The molecule has 5 rings (SSSR count). The van der Waals surface area contributed by atoms with Gasteiger partial charge in [0.1, 0.15) is 12.2 Å². The molecule has 0 unspecified atom stereocenters. The number of methoxy groups -OCH3 is 1. The van der Waals surface area contributed by atoms with Gasteiger partial charge in [0.25, 0.3) is 11.8 Å². The van der Waals surface area contributed by atoms with E-state index in [0.29, 0.717) is 33.8 Å². The summed E-state index contributed by atoms with van der Waals surface area (Å²) in [5.41, 5.74) is 4.91. The summed E-state index contributed by atoms with van der Waals surface area (Å²) in [7, 11) is 1.55. The number of hydrazine groups is 1. The van der Waals surface area contributed by atoms with Crippen molar-refractivity contribution in [2.75, 3.05) is 12.1 Å². The molecule has 0 saturated carbocycles. The lowest BCUT2D eigenvalue weighted by molar-refractivity contribution is -0.117. The number of para-hydroxylation sites is 1. The molecule has 7 heteroatoms. The van der Waals surface area contributed by atoms with Gasteiger partial charge in [0.05, 0.1) is 17.3 Å². The Morgan fingerprint density at radius 3 is 2.49 bits per heavy atom. The quantitative estimate of drug-likeness (QED) is 0.259. The first-order valence-corrected chi connectivity index (χ1v) is 11.7. The van der Waals surface area contributed by atoms with Crippen LogP contribution in [0, 0.1) is 0 Å². The number of hydrogen-bond acceptors (Lipinski definition) is 4. The average molecular weight is 529 g/mol. The van der Waals surface area contributed by atoms with Crippen LogP contribution in [-0.2, 0) is 16.2 Å². The van der Waals surface area contributed by atoms with Crippen molar-refractivity contribution in [2.24, 2.45) is 0 Å². The Morgan fingerprint density at radius 2 is 1.69 bits per heavy atom. The molecule has 35 heavy (non-hydrogen) atoms. The molecule has 6 nitrogen and oxygen atoms in total. The van der Waals surface area contributed by atoms with Crippen molar-refractivity contribution in [1.29, 1.82) is 0 Å². The Bertz CT molecular complexity index is 1460. The fourth-order valence-electron chi connectivity index (χ4n) is 4.01. The fraction of sp³-hybridized carbons (Fsp3) is 0.0714. The molecule has 1 fully saturated rings. The van der Waals surface area contributed by atoms with Crippen LogP contribution in [-0.4, -0.2) is 18.9 Å². The summed E-state index contributed by atoms with van der Waals surface area (Å²) in [5.74, 6) is 0.130. The van der Waals surface area contributed by atoms with E-state index in [2.05, 4.69) is 39.6 Å². The molecule has 0 atom stereocenters. The van der Waals surface area contributed by atoms with E-state index in [1.807, 2.05) is 30.3 Å². The van der Waals surface area contributed by atoms with Gasteiger partial charge in [0, 0.05) is 0 Å². The number of nitrogens with one attached hydrogen (secondary N) is 1. The molecule has 1 N–H and O–H groups in total. The number of ether oxygens (including phenoxy) is 2. The van der Waals surface area contributed by atoms with E-state index in [0.717, 1.165) is 16.3 Å². The monoisotopic (exact) mass is 528 g/mol. The highest BCUT2D eigenvalue weighted by molar-refractivity contribution is 9.10. The van der Waals surface area contributed by atoms with E-state index in [1.54, 1.807) is 49.6 Å². The van der Waals surface area contributed by atoms with Crippen molar-refractivity contribution >= 4 is 50.3 Å². The predicted octanol–water partition coefficient (Wildman–Crippen LogP) is 5.65. The Morgan fingerprint density at radius 1 is 0.943 bits per heavy atom. The second-order valence-electron chi connectivity index (χ2n) is 7.94. The van der Waals surface area contributed by atoms with Gasteiger partial charge < -0.3 is 9.47 Å². The molecule has 4 aromatic carbocycles. The predicted molar refractivity (Wildman–Crippen MR) is 139 cm³/mol. The molecule has 0 aromatic heterocycles. The van der Waals surface area contributed by atoms with E-state index in [9.17, 15) is 9.59 Å². The average Bonchev–Trinajstić information content (AvgIpc) is 3.16. The third-order valence-electron chi connectivity index (χ3n) is 5.72. The zero-order chi connectivity index (χ0) is 24.4. The number of carbonyl (C=O) groups is 2. The standard InChI is InChI=1S/C28H21BrN2O4/c1-34-25-16-18(14-23-27(32)30-31(28(23)33)21-11-3-2-4-12-21)15-24(29)26(25)35-17-20-10-7-9-19-8-5-6-13-22(19)20/h2-16H,17H2,1H3,(H,30,32)/b23-14-. The number of fused-ring (bicyclic) bond motifs is 1. The van der Waals surface area contributed by atoms with Crippen molar-refractivity contribution in [3.05, 3.63) is 106 Å². The minimum absolute atomic E-state index is 0.0345. The molecule has 1 aliphatic heterocycles. The zero-order valence-electron chi connectivity index (χ0n) is 18.8. The normalized spacial score (nSPS) is 14.5. The van der Waals surface area contributed by atoms with Crippen LogP contribution in [0.1, 0.15) is 11.1 Å². The number of rotatable bonds is 6. The smallest absolute Gasteiger partial charge is 0.282 e. The summed E-state index contributed by atoms with van der Waals surface area (Å²) in [6.07, 6.45) is 1.54. The van der Waals surface area contributed by atoms with E-state index in [1.165, 1.54) is 5.01 Å². The Balaban J connectivity index is 1.41. The highest BCUT2D eigenvalue weighted by Crippen LogP contribution is 2.38. The van der Waals surface area contributed by atoms with Crippen LogP contribution in [0.15, 0.2) is 95.0 Å². The molecular weight excluding hydrogens is 508 g/mol. The summed E-state index contributed by atoms with van der Waals surface area (Å²) in [4.78, 5) is 25.4. The number of halogens is 1. The van der Waals surface area contributed by atoms with Crippen molar-refractivity contribution in [3.8, 4) is 11.5 Å². The van der Waals surface area contributed by atoms with Crippen LogP contribution in [0.25, 0.3) is 16.8 Å². The lowest BCUT2D eigenvalue weighted by Crippen LogP contribution is -2.35. The van der Waals surface area contributed by atoms with E-state index in [-0.39, 0.29) is 5.57 Å². The number of hydrogen-bond donors (Lipinski definition) is 1. The van der Waals surface area contributed by atoms with Crippen molar-refractivity contribution < 1.29 is 19.1 Å². The molecule has 0 spiro atoms. The summed E-state index contributed by atoms with van der Waals surface area (Å²) >= 11 is 3.56. The Kier molecular flexibility index (Phi) is 6.25. The van der Waals surface area contributed by atoms with Crippen LogP contribution in [0.4, 0.5) is 5.69 Å². The minimum atomic E-state index is -0.467. The maximum Gasteiger partial charge on any atom is 0.282 e. The van der Waals surface area contributed by atoms with Gasteiger partial charge in [-0.1, -0.05) is 60.7 Å². The third-order valence-corrected chi connectivity index (χ3v) is 6.31. The van der Waals surface area contributed by atoms with Gasteiger partial charge in [-0.15, -0.1) is 0 Å². The molecule has 174 valence electrons. The van der Waals surface area contributed by atoms with Gasteiger partial charge in [-0.25, -0.2) is 5.01 Å². The van der Waals surface area contributed by atoms with Gasteiger partial charge in [0.2, 0.25) is 0 Å². The van der Waals surface area contributed by atoms with Gasteiger partial charge in [-0.2, -0.15) is 0 Å². The second-order valence-corrected chi connectivity index (χ2v) is 8.79. The highest BCUT2D eigenvalue weighted by Gasteiger charge is 2.34. The topological polar surface area (TPSA) is 67.9 Å². The van der Waals surface area contributed by atoms with E-state index >= 15 is 0 Å². The lowest BCUT2D eigenvalue weighted by Gasteiger charge is -2.15. The summed E-state index contributed by atoms with van der Waals surface area (Å²) < 4.78 is 12.4. The van der Waals surface area contributed by atoms with E-state index in [4.69, 9.17) is 9.47 Å². The molecule has 0 aliphatic carbocycles. The molecule has 0 bridgehead atoms. The van der Waals surface area contributed by atoms with Gasteiger partial charge in [-0.3, -0.25) is 15.0 Å². The third kappa shape index (κ3) is 4.50. The summed E-state index contributed by atoms with van der Waals surface area (Å²) in [6.45, 7) is 0.351. The number of carbonyl (C=O) groups excluding carboxylic acids is 2. The van der Waals surface area contributed by atoms with Crippen molar-refractivity contribution in [1.82, 2.24) is 5.43 Å². The second kappa shape index (κ2) is 9.64. The van der Waals surface area contributed by atoms with Gasteiger partial charge in [0.15, 0.2) is 11.5 Å². The molecule has 1 saturated heterocycles. The lowest BCUT2D eigenvalue weighted by atomic mass is 10.1. The van der Waals surface area contributed by atoms with Crippen LogP contribution >= 0.6 is 15.9 Å². The first-order chi connectivity index (χ1) is 17.0. The van der Waals surface area contributed by atoms with Crippen LogP contribution in [0.3, 0.4) is 0 Å². The largest absolute Gasteiger partial charge is 0.493 e. The number of amides is 2. The van der Waals surface area contributed by atoms with Crippen LogP contribution in [0.5, 0.6) is 11.5 Å². The summed E-state index contributed by atoms with van der Waals surface area (Å²) in [5, 5.41) is 3.51. The Labute approximate surface area is 210 Å². The number of benzene rings is 4. The van der Waals surface area contributed by atoms with Crippen LogP contribution < -0.4 is 19.9 Å². The van der Waals surface area contributed by atoms with Gasteiger partial charge in [-0.05, 0) is 68.2 Å². The SMILES string of the molecule is COc1cc(/C=C2/C(=O)NN(c3ccccc3)C2=O)cc(Br)c1OCc1cccc2ccccc12. The number of anilines is 1.